The second-order valence-electron chi connectivity index (χ2n) is 4.09. The summed E-state index contributed by atoms with van der Waals surface area (Å²) < 4.78 is 13.6. The molecule has 0 spiro atoms. The fourth-order valence-electron chi connectivity index (χ4n) is 1.88. The van der Waals surface area contributed by atoms with Crippen molar-refractivity contribution in [2.75, 3.05) is 13.1 Å². The van der Waals surface area contributed by atoms with E-state index in [1.165, 1.54) is 12.1 Å². The number of nitrogens with zero attached hydrogens (tertiary/aromatic N) is 1. The Hall–Kier alpha value is -0.170. The van der Waals surface area contributed by atoms with Gasteiger partial charge in [-0.25, -0.2) is 4.39 Å². The second-order valence-corrected chi connectivity index (χ2v) is 6.55. The molecule has 5 heteroatoms. The van der Waals surface area contributed by atoms with Crippen molar-refractivity contribution < 1.29 is 9.18 Å². The molecular weight excluding hydrogens is 400 g/mol. The van der Waals surface area contributed by atoms with E-state index in [2.05, 4.69) is 15.9 Å². The van der Waals surface area contributed by atoms with Gasteiger partial charge in [0.05, 0.1) is 5.56 Å². The Kier molecular flexibility index (Phi) is 4.41. The fraction of sp³-hybridized carbons (Fsp3) is 0.417. The quantitative estimate of drug-likeness (QED) is 0.512. The Bertz CT molecular complexity index is 433. The van der Waals surface area contributed by atoms with E-state index < -0.39 is 0 Å². The van der Waals surface area contributed by atoms with E-state index in [0.717, 1.165) is 25.9 Å². The molecule has 1 aromatic rings. The number of amides is 1. The van der Waals surface area contributed by atoms with E-state index in [0.29, 0.717) is 14.0 Å². The van der Waals surface area contributed by atoms with Crippen molar-refractivity contribution in [1.82, 2.24) is 4.90 Å². The molecule has 2 nitrogen and oxygen atoms in total. The highest BCUT2D eigenvalue weighted by Crippen LogP contribution is 2.21. The van der Waals surface area contributed by atoms with Crippen LogP contribution in [0, 0.1) is 9.39 Å². The van der Waals surface area contributed by atoms with Gasteiger partial charge in [-0.2, -0.15) is 0 Å². The Morgan fingerprint density at radius 1 is 1.41 bits per heavy atom. The lowest BCUT2D eigenvalue weighted by Gasteiger charge is -2.29. The molecule has 1 heterocycles. The van der Waals surface area contributed by atoms with Crippen LogP contribution in [0.15, 0.2) is 18.2 Å². The number of likely N-dealkylation sites (tertiary alicyclic amines) is 1. The molecule has 92 valence electrons. The van der Waals surface area contributed by atoms with Gasteiger partial charge in [-0.3, -0.25) is 4.79 Å². The lowest BCUT2D eigenvalue weighted by molar-refractivity contribution is 0.0727. The molecule has 0 unspecified atom stereocenters. The van der Waals surface area contributed by atoms with E-state index in [4.69, 9.17) is 0 Å². The molecule has 0 atom stereocenters. The van der Waals surface area contributed by atoms with Crippen molar-refractivity contribution in [2.24, 2.45) is 0 Å². The first kappa shape index (κ1) is 13.3. The minimum absolute atomic E-state index is 0.00815. The van der Waals surface area contributed by atoms with Crippen LogP contribution in [0.3, 0.4) is 0 Å². The third kappa shape index (κ3) is 3.19. The maximum absolute atomic E-state index is 13.0. The topological polar surface area (TPSA) is 20.3 Å². The van der Waals surface area contributed by atoms with Crippen LogP contribution in [-0.4, -0.2) is 28.7 Å². The Morgan fingerprint density at radius 3 is 2.65 bits per heavy atom. The number of hydrogen-bond acceptors (Lipinski definition) is 1. The first-order valence-electron chi connectivity index (χ1n) is 5.46. The zero-order chi connectivity index (χ0) is 12.4. The summed E-state index contributed by atoms with van der Waals surface area (Å²) in [5, 5.41) is 0. The first-order chi connectivity index (χ1) is 8.08. The SMILES string of the molecule is O=C(c1ccc(F)cc1I)N1CCC(Br)CC1. The van der Waals surface area contributed by atoms with Crippen molar-refractivity contribution in [2.45, 2.75) is 17.7 Å². The smallest absolute Gasteiger partial charge is 0.254 e. The summed E-state index contributed by atoms with van der Waals surface area (Å²) in [6.45, 7) is 1.53. The van der Waals surface area contributed by atoms with Crippen molar-refractivity contribution in [3.63, 3.8) is 0 Å². The normalized spacial score (nSPS) is 17.2. The molecule has 1 aliphatic rings. The van der Waals surface area contributed by atoms with Crippen LogP contribution in [0.5, 0.6) is 0 Å². The van der Waals surface area contributed by atoms with Gasteiger partial charge in [0.2, 0.25) is 0 Å². The molecule has 0 N–H and O–H groups in total. The van der Waals surface area contributed by atoms with E-state index in [-0.39, 0.29) is 11.7 Å². The summed E-state index contributed by atoms with van der Waals surface area (Å²) in [5.74, 6) is -0.293. The molecule has 0 saturated carbocycles. The third-order valence-electron chi connectivity index (χ3n) is 2.87. The number of piperidine rings is 1. The van der Waals surface area contributed by atoms with Crippen molar-refractivity contribution in [3.8, 4) is 0 Å². The fourth-order valence-corrected chi connectivity index (χ4v) is 3.00. The average Bonchev–Trinajstić information content (AvgIpc) is 2.29. The maximum atomic E-state index is 13.0. The van der Waals surface area contributed by atoms with Crippen molar-refractivity contribution in [3.05, 3.63) is 33.1 Å². The molecule has 17 heavy (non-hydrogen) atoms. The predicted molar refractivity (Wildman–Crippen MR) is 77.0 cm³/mol. The van der Waals surface area contributed by atoms with Gasteiger partial charge in [0.25, 0.3) is 5.91 Å². The largest absolute Gasteiger partial charge is 0.339 e. The molecular formula is C12H12BrFINO. The van der Waals surface area contributed by atoms with E-state index in [9.17, 15) is 9.18 Å². The van der Waals surface area contributed by atoms with Gasteiger partial charge in [0.15, 0.2) is 0 Å². The lowest BCUT2D eigenvalue weighted by Crippen LogP contribution is -2.39. The number of rotatable bonds is 1. The molecule has 1 aromatic carbocycles. The van der Waals surface area contributed by atoms with E-state index >= 15 is 0 Å². The van der Waals surface area contributed by atoms with Gasteiger partial charge in [-0.05, 0) is 53.6 Å². The summed E-state index contributed by atoms with van der Waals surface area (Å²) in [6, 6.07) is 4.30. The van der Waals surface area contributed by atoms with Crippen LogP contribution in [-0.2, 0) is 0 Å². The molecule has 0 aromatic heterocycles. The Morgan fingerprint density at radius 2 is 2.06 bits per heavy atom. The van der Waals surface area contributed by atoms with Crippen LogP contribution in [0.2, 0.25) is 0 Å². The molecule has 1 saturated heterocycles. The standard InChI is InChI=1S/C12H12BrFINO/c13-8-3-5-16(6-4-8)12(17)10-2-1-9(14)7-11(10)15/h1-2,7-8H,3-6H2. The highest BCUT2D eigenvalue weighted by atomic mass is 127. The number of carbonyl (C=O) groups is 1. The molecule has 1 fully saturated rings. The minimum Gasteiger partial charge on any atom is -0.339 e. The molecule has 0 radical (unpaired) electrons. The van der Waals surface area contributed by atoms with Gasteiger partial charge in [-0.1, -0.05) is 15.9 Å². The molecule has 1 aliphatic heterocycles. The van der Waals surface area contributed by atoms with Gasteiger partial charge in [0.1, 0.15) is 5.82 Å². The number of hydrogen-bond donors (Lipinski definition) is 0. The third-order valence-corrected chi connectivity index (χ3v) is 4.68. The molecule has 1 amide bonds. The van der Waals surface area contributed by atoms with Gasteiger partial charge >= 0.3 is 0 Å². The van der Waals surface area contributed by atoms with Crippen LogP contribution >= 0.6 is 38.5 Å². The summed E-state index contributed by atoms with van der Waals surface area (Å²) in [4.78, 5) is 14.6. The predicted octanol–water partition coefficient (Wildman–Crippen LogP) is 3.43. The zero-order valence-electron chi connectivity index (χ0n) is 9.13. The molecule has 0 aliphatic carbocycles. The zero-order valence-corrected chi connectivity index (χ0v) is 12.9. The monoisotopic (exact) mass is 411 g/mol. The molecule has 2 rings (SSSR count). The van der Waals surface area contributed by atoms with Crippen LogP contribution in [0.1, 0.15) is 23.2 Å². The Labute approximate surface area is 122 Å². The van der Waals surface area contributed by atoms with Crippen LogP contribution < -0.4 is 0 Å². The second kappa shape index (κ2) is 5.65. The van der Waals surface area contributed by atoms with E-state index in [1.54, 1.807) is 6.07 Å². The summed E-state index contributed by atoms with van der Waals surface area (Å²) in [6.07, 6.45) is 1.95. The highest BCUT2D eigenvalue weighted by Gasteiger charge is 2.23. The maximum Gasteiger partial charge on any atom is 0.254 e. The van der Waals surface area contributed by atoms with Crippen LogP contribution in [0.25, 0.3) is 0 Å². The highest BCUT2D eigenvalue weighted by molar-refractivity contribution is 14.1. The van der Waals surface area contributed by atoms with Crippen LogP contribution in [0.4, 0.5) is 4.39 Å². The summed E-state index contributed by atoms with van der Waals surface area (Å²) in [7, 11) is 0. The van der Waals surface area contributed by atoms with Gasteiger partial charge in [0, 0.05) is 21.5 Å². The number of carbonyl (C=O) groups excluding carboxylic acids is 1. The number of halogens is 3. The van der Waals surface area contributed by atoms with Gasteiger partial charge < -0.3 is 4.90 Å². The first-order valence-corrected chi connectivity index (χ1v) is 7.46. The minimum atomic E-state index is -0.301. The van der Waals surface area contributed by atoms with Crippen molar-refractivity contribution in [1.29, 1.82) is 0 Å². The van der Waals surface area contributed by atoms with Gasteiger partial charge in [-0.15, -0.1) is 0 Å². The molecule has 0 bridgehead atoms. The lowest BCUT2D eigenvalue weighted by atomic mass is 10.1. The number of alkyl halides is 1. The van der Waals surface area contributed by atoms with E-state index in [1.807, 2.05) is 27.5 Å². The Balaban J connectivity index is 2.14. The average molecular weight is 412 g/mol. The van der Waals surface area contributed by atoms with Crippen molar-refractivity contribution >= 4 is 44.4 Å². The summed E-state index contributed by atoms with van der Waals surface area (Å²) in [5.41, 5.74) is 0.597. The summed E-state index contributed by atoms with van der Waals surface area (Å²) >= 11 is 5.56. The number of benzene rings is 1.